The lowest BCUT2D eigenvalue weighted by atomic mass is 9.82. The predicted molar refractivity (Wildman–Crippen MR) is 219 cm³/mol. The molecule has 6 atom stereocenters. The molecule has 4 aromatic carbocycles. The van der Waals surface area contributed by atoms with Gasteiger partial charge in [-0.2, -0.15) is 0 Å². The number of hydrogen-bond acceptors (Lipinski definition) is 7. The molecule has 11 heteroatoms. The normalized spacial score (nSPS) is 25.7. The number of methoxy groups -OCH3 is 1. The molecule has 4 heterocycles. The minimum atomic E-state index is -2.49. The highest BCUT2D eigenvalue weighted by Crippen LogP contribution is 2.60. The van der Waals surface area contributed by atoms with Crippen molar-refractivity contribution in [2.75, 3.05) is 30.5 Å². The van der Waals surface area contributed by atoms with Crippen LogP contribution in [0.5, 0.6) is 5.75 Å². The average Bonchev–Trinajstić information content (AvgIpc) is 3.92. The largest absolute Gasteiger partial charge is 0.497 e. The van der Waals surface area contributed by atoms with Crippen LogP contribution in [0.25, 0.3) is 0 Å². The van der Waals surface area contributed by atoms with E-state index in [0.717, 1.165) is 53.1 Å². The summed E-state index contributed by atoms with van der Waals surface area (Å²) in [5.74, 6) is 0.267. The summed E-state index contributed by atoms with van der Waals surface area (Å²) < 4.78 is 12.8. The van der Waals surface area contributed by atoms with Gasteiger partial charge in [-0.15, -0.1) is 0 Å². The molecule has 4 aliphatic rings. The maximum absolute atomic E-state index is 15.2. The zero-order valence-corrected chi connectivity index (χ0v) is 33.7. The van der Waals surface area contributed by atoms with Crippen molar-refractivity contribution < 1.29 is 29.0 Å². The van der Waals surface area contributed by atoms with E-state index in [1.807, 2.05) is 82.6 Å². The number of aliphatic hydroxyl groups is 1. The van der Waals surface area contributed by atoms with Crippen LogP contribution in [0.3, 0.4) is 0 Å². The number of benzene rings is 4. The predicted octanol–water partition coefficient (Wildman–Crippen LogP) is 5.48. The van der Waals surface area contributed by atoms with Gasteiger partial charge in [-0.25, -0.2) is 0 Å². The van der Waals surface area contributed by atoms with Crippen molar-refractivity contribution in [3.05, 3.63) is 119 Å². The molecule has 0 radical (unpaired) electrons. The summed E-state index contributed by atoms with van der Waals surface area (Å²) in [5.41, 5.74) is 4.09. The van der Waals surface area contributed by atoms with Crippen LogP contribution in [0.4, 0.5) is 11.4 Å². The van der Waals surface area contributed by atoms with E-state index in [9.17, 15) is 14.7 Å². The maximum atomic E-state index is 15.2. The fourth-order valence-corrected chi connectivity index (χ4v) is 14.0. The summed E-state index contributed by atoms with van der Waals surface area (Å²) in [5, 5.41) is 17.9. The lowest BCUT2D eigenvalue weighted by Gasteiger charge is -2.39. The van der Waals surface area contributed by atoms with Gasteiger partial charge in [-0.1, -0.05) is 91.9 Å². The number of nitrogens with one attached hydrogen (secondary N) is 2. The molecule has 4 aliphatic heterocycles. The molecule has 0 saturated carbocycles. The smallest absolute Gasteiger partial charge is 0.264 e. The third kappa shape index (κ3) is 6.64. The number of nitrogens with zero attached hydrogens (tertiary/aromatic N) is 2. The van der Waals surface area contributed by atoms with Crippen molar-refractivity contribution in [3.8, 4) is 5.75 Å². The minimum absolute atomic E-state index is 0.0334. The summed E-state index contributed by atoms with van der Waals surface area (Å²) >= 11 is 0. The summed E-state index contributed by atoms with van der Waals surface area (Å²) in [4.78, 5) is 46.2. The van der Waals surface area contributed by atoms with Crippen LogP contribution in [0.2, 0.25) is 18.6 Å². The quantitative estimate of drug-likeness (QED) is 0.183. The zero-order chi connectivity index (χ0) is 39.2. The fourth-order valence-electron chi connectivity index (χ4n) is 9.97. The fraction of sp³-hybridized carbons (Fsp3) is 0.400. The van der Waals surface area contributed by atoms with Gasteiger partial charge in [-0.3, -0.25) is 14.4 Å². The summed E-state index contributed by atoms with van der Waals surface area (Å²) in [7, 11) is -0.831. The number of aliphatic hydroxyl groups excluding tert-OH is 1. The van der Waals surface area contributed by atoms with Crippen molar-refractivity contribution >= 4 is 42.4 Å². The number of ether oxygens (including phenoxy) is 2. The van der Waals surface area contributed by atoms with Crippen molar-refractivity contribution in [3.63, 3.8) is 0 Å². The highest BCUT2D eigenvalue weighted by atomic mass is 28.3. The number of para-hydroxylation sites is 1. The summed E-state index contributed by atoms with van der Waals surface area (Å²) in [6.07, 6.45) is 1.95. The number of amides is 3. The Kier molecular flexibility index (Phi) is 10.4. The molecule has 292 valence electrons. The van der Waals surface area contributed by atoms with Crippen LogP contribution in [-0.4, -0.2) is 74.3 Å². The molecular weight excluding hydrogens is 721 g/mol. The topological polar surface area (TPSA) is 120 Å². The van der Waals surface area contributed by atoms with Gasteiger partial charge in [0.05, 0.1) is 58.6 Å². The lowest BCUT2D eigenvalue weighted by Crippen LogP contribution is -2.52. The van der Waals surface area contributed by atoms with Crippen molar-refractivity contribution in [2.24, 2.45) is 5.92 Å². The van der Waals surface area contributed by atoms with E-state index in [-0.39, 0.29) is 54.3 Å². The maximum Gasteiger partial charge on any atom is 0.264 e. The third-order valence-electron chi connectivity index (χ3n) is 12.9. The molecule has 0 unspecified atom stereocenters. The van der Waals surface area contributed by atoms with Crippen molar-refractivity contribution in [1.29, 1.82) is 0 Å². The van der Waals surface area contributed by atoms with Gasteiger partial charge in [0.15, 0.2) is 5.60 Å². The van der Waals surface area contributed by atoms with Crippen LogP contribution in [-0.2, 0) is 44.2 Å². The molecule has 56 heavy (non-hydrogen) atoms. The Morgan fingerprint density at radius 3 is 2.39 bits per heavy atom. The Balaban J connectivity index is 1.12. The molecule has 10 nitrogen and oxygen atoms in total. The second-order valence-electron chi connectivity index (χ2n) is 16.4. The van der Waals surface area contributed by atoms with E-state index in [4.69, 9.17) is 9.47 Å². The first-order chi connectivity index (χ1) is 27.0. The Bertz CT molecular complexity index is 2100. The standard InChI is InChI=1S/C45H52N4O6Si/c1-29-42(56(3,4)36-21-19-35(54-2)20-22-36)40(25-41(51)48-27-32-11-6-5-10-31(32)24-34(48)28-50)55-45(29)37-12-7-8-14-39(37)49(44(45)53)26-30-15-17-33(18-16-30)47-43(52)38-13-9-23-46-38/h5-8,10-12,14-22,29,34,38,40,42,46,50H,9,13,23-28H2,1-4H3,(H,47,52)/t29-,34+,38-,40+,42-,45+/m1/s1. The van der Waals surface area contributed by atoms with Crippen LogP contribution < -0.4 is 25.5 Å². The number of fused-ring (bicyclic) bond motifs is 3. The molecule has 0 aromatic heterocycles. The van der Waals surface area contributed by atoms with Gasteiger partial charge in [0.2, 0.25) is 11.8 Å². The highest BCUT2D eigenvalue weighted by Gasteiger charge is 2.66. The molecule has 0 aliphatic carbocycles. The molecule has 3 N–H and O–H groups in total. The lowest BCUT2D eigenvalue weighted by molar-refractivity contribution is -0.151. The first-order valence-electron chi connectivity index (χ1n) is 19.9. The minimum Gasteiger partial charge on any atom is -0.497 e. The number of hydrogen-bond donors (Lipinski definition) is 3. The van der Waals surface area contributed by atoms with Gasteiger partial charge >= 0.3 is 0 Å². The third-order valence-corrected chi connectivity index (χ3v) is 17.3. The molecule has 8 rings (SSSR count). The van der Waals surface area contributed by atoms with E-state index >= 15 is 4.79 Å². The Morgan fingerprint density at radius 1 is 0.982 bits per heavy atom. The monoisotopic (exact) mass is 772 g/mol. The summed E-state index contributed by atoms with van der Waals surface area (Å²) in [6.45, 7) is 8.23. The van der Waals surface area contributed by atoms with E-state index in [2.05, 4.69) is 54.9 Å². The molecule has 2 saturated heterocycles. The molecule has 2 fully saturated rings. The first kappa shape index (κ1) is 38.1. The van der Waals surface area contributed by atoms with Crippen LogP contribution in [0, 0.1) is 5.92 Å². The Morgan fingerprint density at radius 2 is 1.70 bits per heavy atom. The van der Waals surface area contributed by atoms with E-state index in [0.29, 0.717) is 25.2 Å². The number of carbonyl (C=O) groups excluding carboxylic acids is 3. The molecule has 4 aromatic rings. The van der Waals surface area contributed by atoms with Gasteiger partial charge in [0, 0.05) is 23.7 Å². The van der Waals surface area contributed by atoms with Gasteiger partial charge in [0.25, 0.3) is 5.91 Å². The molecule has 1 spiro atoms. The first-order valence-corrected chi connectivity index (χ1v) is 23.0. The van der Waals surface area contributed by atoms with E-state index < -0.39 is 19.8 Å². The van der Waals surface area contributed by atoms with Gasteiger partial charge < -0.3 is 35.0 Å². The molecule has 3 amide bonds. The molecule has 0 bridgehead atoms. The number of anilines is 2. The number of carbonyl (C=O) groups is 3. The number of rotatable bonds is 10. The van der Waals surface area contributed by atoms with E-state index in [1.165, 1.54) is 5.19 Å². The SMILES string of the molecule is COc1ccc([Si](C)(C)[C@H]2[C@H](CC(=O)N3Cc4ccccc4C[C@H]3CO)O[C@@]3(C(=O)N(Cc4ccc(NC(=O)[C@H]5CCCN5)cc4)c4ccccc43)[C@@H]2C)cc1. The average molecular weight is 773 g/mol. The van der Waals surface area contributed by atoms with E-state index in [1.54, 1.807) is 7.11 Å². The second kappa shape index (κ2) is 15.3. The Hall–Kier alpha value is -4.81. The van der Waals surface area contributed by atoms with Crippen LogP contribution in [0.15, 0.2) is 97.1 Å². The molecular formula is C45H52N4O6Si. The highest BCUT2D eigenvalue weighted by molar-refractivity contribution is 6.91. The second-order valence-corrected chi connectivity index (χ2v) is 21.1. The van der Waals surface area contributed by atoms with Gasteiger partial charge in [-0.05, 0) is 78.4 Å². The Labute approximate surface area is 330 Å². The van der Waals surface area contributed by atoms with Crippen LogP contribution >= 0.6 is 0 Å². The van der Waals surface area contributed by atoms with Crippen LogP contribution in [0.1, 0.15) is 48.4 Å². The zero-order valence-electron chi connectivity index (χ0n) is 32.7. The van der Waals surface area contributed by atoms with Gasteiger partial charge in [0.1, 0.15) is 5.75 Å². The van der Waals surface area contributed by atoms with Crippen molar-refractivity contribution in [1.82, 2.24) is 10.2 Å². The van der Waals surface area contributed by atoms with Crippen molar-refractivity contribution in [2.45, 2.75) is 88.1 Å². The summed E-state index contributed by atoms with van der Waals surface area (Å²) in [6, 6.07) is 31.4.